The van der Waals surface area contributed by atoms with Gasteiger partial charge in [-0.1, -0.05) is 66.5 Å². The lowest BCUT2D eigenvalue weighted by molar-refractivity contribution is -0.160. The molecule has 0 aromatic heterocycles. The van der Waals surface area contributed by atoms with E-state index in [-0.39, 0.29) is 67.1 Å². The van der Waals surface area contributed by atoms with Gasteiger partial charge in [-0.05, 0) is 75.2 Å². The van der Waals surface area contributed by atoms with Crippen LogP contribution < -0.4 is 27.2 Å². The number of nitrogens with two attached hydrogens (primary N) is 1. The molecule has 1 aromatic rings. The van der Waals surface area contributed by atoms with Gasteiger partial charge in [0, 0.05) is 43.2 Å². The number of phenols is 1. The number of likely N-dealkylation sites (tertiary alicyclic amines) is 1. The summed E-state index contributed by atoms with van der Waals surface area (Å²) in [7, 11) is 1.91. The summed E-state index contributed by atoms with van der Waals surface area (Å²) in [6.45, 7) is 13.0. The number of hydrogen-bond acceptors (Lipinski definition) is 13. The first-order chi connectivity index (χ1) is 28.0. The Balaban J connectivity index is 1.88. The van der Waals surface area contributed by atoms with Crippen molar-refractivity contribution in [2.75, 3.05) is 20.3 Å². The average Bonchev–Trinajstić information content (AvgIpc) is 3.70. The molecule has 17 heteroatoms. The molecule has 59 heavy (non-hydrogen) atoms. The maximum absolute atomic E-state index is 14.8. The molecule has 0 saturated carbocycles. The third kappa shape index (κ3) is 15.0. The topological polar surface area (TPSA) is 222 Å². The largest absolute Gasteiger partial charge is 0.508 e. The maximum atomic E-state index is 14.8. The van der Waals surface area contributed by atoms with Gasteiger partial charge in [-0.15, -0.1) is 11.8 Å². The van der Waals surface area contributed by atoms with Crippen LogP contribution in [0, 0.1) is 17.8 Å². The van der Waals surface area contributed by atoms with E-state index in [0.29, 0.717) is 25.7 Å². The van der Waals surface area contributed by atoms with E-state index >= 15 is 0 Å². The highest BCUT2D eigenvalue weighted by Gasteiger charge is 2.41. The van der Waals surface area contributed by atoms with E-state index < -0.39 is 59.3 Å². The zero-order valence-corrected chi connectivity index (χ0v) is 36.8. The van der Waals surface area contributed by atoms with Crippen molar-refractivity contribution in [1.29, 1.82) is 0 Å². The number of ether oxygens (including phenoxy) is 2. The molecule has 1 saturated heterocycles. The van der Waals surface area contributed by atoms with E-state index in [1.807, 2.05) is 46.6 Å². The van der Waals surface area contributed by atoms with Gasteiger partial charge in [-0.3, -0.25) is 39.1 Å². The first kappa shape index (κ1) is 49.0. The Bertz CT molecular complexity index is 1610. The number of nitrogens with zero attached hydrogens (tertiary/aromatic N) is 2. The Labute approximate surface area is 353 Å². The lowest BCUT2D eigenvalue weighted by atomic mass is 9.92. The molecule has 0 spiro atoms. The number of nitrogens with one attached hydrogen (secondary N) is 4. The molecule has 2 unspecified atom stereocenters. The normalized spacial score (nSPS) is 19.8. The first-order valence-electron chi connectivity index (χ1n) is 20.8. The highest BCUT2D eigenvalue weighted by atomic mass is 32.2. The van der Waals surface area contributed by atoms with Gasteiger partial charge in [-0.2, -0.15) is 0 Å². The Morgan fingerprint density at radius 2 is 1.73 bits per heavy atom. The minimum absolute atomic E-state index is 0.102. The lowest BCUT2D eigenvalue weighted by Crippen LogP contribution is -2.59. The number of thioether (sulfide) groups is 1. The van der Waals surface area contributed by atoms with Gasteiger partial charge in [0.25, 0.3) is 5.91 Å². The van der Waals surface area contributed by atoms with Gasteiger partial charge in [0.05, 0.1) is 6.04 Å². The molecular formula is C42H67N7O9S. The zero-order chi connectivity index (χ0) is 43.8. The highest BCUT2D eigenvalue weighted by molar-refractivity contribution is 8.03. The van der Waals surface area contributed by atoms with Crippen molar-refractivity contribution in [3.8, 4) is 5.75 Å². The minimum Gasteiger partial charge on any atom is -0.508 e. The lowest BCUT2D eigenvalue weighted by Gasteiger charge is -2.40. The second-order valence-electron chi connectivity index (χ2n) is 16.2. The standard InChI is InChI=1S/C42H67N7O9S/c1-9-13-36(52)57-24-49(42(56)37(26(5)10-2)46-40(55)33-14-11-12-19-48(33)8)34(25(3)4)22-35(58-28(7)50)41-45-32(23-59-41)39(54)44-30(20-27(6)38(53)47-43)21-29-15-17-31(51)18-16-29/h15-18,23,25-27,30,33-35,37,41,45,51H,9-14,19-22,24,43H2,1-8H3,(H,44,54)(H,46,55)(H,47,53)/t26?,27-,30+,33+,34+,35+,37-,41?/m0/s1. The number of benzene rings is 1. The van der Waals surface area contributed by atoms with Crippen LogP contribution in [0.3, 0.4) is 0 Å². The first-order valence-corrected chi connectivity index (χ1v) is 21.8. The van der Waals surface area contributed by atoms with E-state index in [0.717, 1.165) is 24.9 Å². The predicted molar refractivity (Wildman–Crippen MR) is 226 cm³/mol. The van der Waals surface area contributed by atoms with Crippen molar-refractivity contribution in [2.24, 2.45) is 23.6 Å². The summed E-state index contributed by atoms with van der Waals surface area (Å²) in [6, 6.07) is 4.17. The molecule has 2 aliphatic heterocycles. The number of aromatic hydroxyl groups is 1. The molecule has 330 valence electrons. The van der Waals surface area contributed by atoms with Crippen molar-refractivity contribution in [3.63, 3.8) is 0 Å². The second-order valence-corrected chi connectivity index (χ2v) is 17.2. The van der Waals surface area contributed by atoms with Crippen LogP contribution in [-0.4, -0.2) is 106 Å². The molecule has 3 rings (SSSR count). The fraction of sp³-hybridized carbons (Fsp3) is 0.667. The number of hydrogen-bond donors (Lipinski definition) is 6. The van der Waals surface area contributed by atoms with Gasteiger partial charge in [-0.25, -0.2) is 5.84 Å². The quantitative estimate of drug-likeness (QED) is 0.0324. The third-order valence-electron chi connectivity index (χ3n) is 11.1. The zero-order valence-electron chi connectivity index (χ0n) is 36.0. The Hall–Kier alpha value is -4.35. The monoisotopic (exact) mass is 845 g/mol. The summed E-state index contributed by atoms with van der Waals surface area (Å²) in [6.07, 6.45) is 3.80. The third-order valence-corrected chi connectivity index (χ3v) is 12.2. The summed E-state index contributed by atoms with van der Waals surface area (Å²) >= 11 is 1.25. The molecular weight excluding hydrogens is 779 g/mol. The Kier molecular flexibility index (Phi) is 20.0. The summed E-state index contributed by atoms with van der Waals surface area (Å²) in [4.78, 5) is 83.4. The predicted octanol–water partition coefficient (Wildman–Crippen LogP) is 3.43. The highest BCUT2D eigenvalue weighted by Crippen LogP contribution is 2.31. The van der Waals surface area contributed by atoms with Crippen molar-refractivity contribution < 1.29 is 43.3 Å². The van der Waals surface area contributed by atoms with Gasteiger partial charge < -0.3 is 35.4 Å². The van der Waals surface area contributed by atoms with Crippen LogP contribution in [0.15, 0.2) is 35.4 Å². The SMILES string of the molecule is CCCC(=O)OCN(C(=O)[C@@H](NC(=O)[C@H]1CCCCN1C)C(C)CC)[C@H](C[C@@H](OC(C)=O)C1NC(C(=O)N[C@@H](Cc2ccc(O)cc2)C[C@H](C)C(=O)NN)=CS1)C(C)C. The van der Waals surface area contributed by atoms with Gasteiger partial charge >= 0.3 is 11.9 Å². The van der Waals surface area contributed by atoms with E-state index in [1.165, 1.54) is 23.6 Å². The Morgan fingerprint density at radius 1 is 1.03 bits per heavy atom. The van der Waals surface area contributed by atoms with Crippen LogP contribution in [0.25, 0.3) is 0 Å². The van der Waals surface area contributed by atoms with Crippen LogP contribution in [0.5, 0.6) is 5.75 Å². The summed E-state index contributed by atoms with van der Waals surface area (Å²) in [5.74, 6) is 2.00. The molecule has 0 bridgehead atoms. The number of amides is 4. The van der Waals surface area contributed by atoms with Crippen molar-refractivity contribution in [3.05, 3.63) is 40.9 Å². The van der Waals surface area contributed by atoms with Crippen LogP contribution in [0.4, 0.5) is 0 Å². The molecule has 1 aromatic carbocycles. The molecule has 0 aliphatic carbocycles. The Morgan fingerprint density at radius 3 is 2.32 bits per heavy atom. The molecule has 16 nitrogen and oxygen atoms in total. The van der Waals surface area contributed by atoms with Crippen molar-refractivity contribution >= 4 is 47.3 Å². The van der Waals surface area contributed by atoms with Gasteiger partial charge in [0.2, 0.25) is 17.7 Å². The number of carbonyl (C=O) groups excluding carboxylic acids is 6. The number of esters is 2. The van der Waals surface area contributed by atoms with Gasteiger partial charge in [0.15, 0.2) is 6.73 Å². The van der Waals surface area contributed by atoms with E-state index in [1.54, 1.807) is 36.6 Å². The number of piperidine rings is 1. The number of carbonyl (C=O) groups is 6. The molecule has 2 aliphatic rings. The fourth-order valence-electron chi connectivity index (χ4n) is 7.41. The molecule has 1 fully saturated rings. The van der Waals surface area contributed by atoms with E-state index in [4.69, 9.17) is 15.3 Å². The number of likely N-dealkylation sites (N-methyl/N-ethyl adjacent to an activating group) is 1. The van der Waals surface area contributed by atoms with Crippen LogP contribution >= 0.6 is 11.8 Å². The number of phenolic OH excluding ortho intramolecular Hbond substituents is 1. The number of rotatable bonds is 22. The minimum atomic E-state index is -0.912. The smallest absolute Gasteiger partial charge is 0.307 e. The molecule has 7 N–H and O–H groups in total. The van der Waals surface area contributed by atoms with E-state index in [9.17, 15) is 33.9 Å². The van der Waals surface area contributed by atoms with Crippen LogP contribution in [0.2, 0.25) is 0 Å². The van der Waals surface area contributed by atoms with Crippen molar-refractivity contribution in [1.82, 2.24) is 31.2 Å². The second kappa shape index (κ2) is 24.0. The average molecular weight is 846 g/mol. The maximum Gasteiger partial charge on any atom is 0.307 e. The molecule has 8 atom stereocenters. The summed E-state index contributed by atoms with van der Waals surface area (Å²) in [5.41, 5.74) is 3.21. The van der Waals surface area contributed by atoms with E-state index in [2.05, 4.69) is 21.4 Å². The van der Waals surface area contributed by atoms with Crippen molar-refractivity contribution in [2.45, 2.75) is 142 Å². The van der Waals surface area contributed by atoms with Crippen LogP contribution in [0.1, 0.15) is 105 Å². The summed E-state index contributed by atoms with van der Waals surface area (Å²) < 4.78 is 11.6. The fourth-order valence-corrected chi connectivity index (χ4v) is 8.41. The number of hydrazine groups is 1. The molecule has 4 amide bonds. The molecule has 0 radical (unpaired) electrons. The van der Waals surface area contributed by atoms with Crippen LogP contribution in [-0.2, 0) is 44.7 Å². The van der Waals surface area contributed by atoms with Gasteiger partial charge in [0.1, 0.15) is 29.0 Å². The molecule has 2 heterocycles. The summed E-state index contributed by atoms with van der Waals surface area (Å²) in [5, 5.41) is 20.1.